The molecule has 0 unspecified atom stereocenters. The first-order valence-electron chi connectivity index (χ1n) is 6.35. The Kier molecular flexibility index (Phi) is 3.14. The molecule has 102 valence electrons. The van der Waals surface area contributed by atoms with Gasteiger partial charge in [0.05, 0.1) is 5.56 Å². The summed E-state index contributed by atoms with van der Waals surface area (Å²) in [6, 6.07) is 9.43. The van der Waals surface area contributed by atoms with Gasteiger partial charge in [-0.25, -0.2) is 4.39 Å². The molecule has 20 heavy (non-hydrogen) atoms. The highest BCUT2D eigenvalue weighted by molar-refractivity contribution is 6.11. The van der Waals surface area contributed by atoms with E-state index < -0.39 is 5.82 Å². The summed E-state index contributed by atoms with van der Waals surface area (Å²) >= 11 is 0. The first-order chi connectivity index (χ1) is 9.65. The molecule has 0 saturated carbocycles. The summed E-state index contributed by atoms with van der Waals surface area (Å²) in [6.45, 7) is 2.61. The quantitative estimate of drug-likeness (QED) is 0.788. The third-order valence-corrected chi connectivity index (χ3v) is 3.12. The molecule has 0 aromatic heterocycles. The topological polar surface area (TPSA) is 35.5 Å². The van der Waals surface area contributed by atoms with E-state index in [1.54, 1.807) is 31.2 Å². The molecule has 0 spiro atoms. The molecule has 0 bridgehead atoms. The van der Waals surface area contributed by atoms with Crippen molar-refractivity contribution in [3.63, 3.8) is 0 Å². The molecule has 1 aliphatic heterocycles. The third-order valence-electron chi connectivity index (χ3n) is 3.12. The van der Waals surface area contributed by atoms with E-state index in [9.17, 15) is 9.18 Å². The van der Waals surface area contributed by atoms with E-state index in [-0.39, 0.29) is 5.78 Å². The van der Waals surface area contributed by atoms with Crippen molar-refractivity contribution in [3.8, 4) is 11.5 Å². The van der Waals surface area contributed by atoms with Crippen LogP contribution in [0.1, 0.15) is 21.5 Å². The predicted molar refractivity (Wildman–Crippen MR) is 72.0 cm³/mol. The van der Waals surface area contributed by atoms with E-state index in [2.05, 4.69) is 0 Å². The van der Waals surface area contributed by atoms with Crippen LogP contribution in [-0.2, 0) is 0 Å². The Morgan fingerprint density at radius 1 is 1.15 bits per heavy atom. The largest absolute Gasteiger partial charge is 0.486 e. The van der Waals surface area contributed by atoms with Crippen molar-refractivity contribution in [2.75, 3.05) is 13.2 Å². The number of carbonyl (C=O) groups is 1. The molecule has 2 aromatic carbocycles. The van der Waals surface area contributed by atoms with Gasteiger partial charge < -0.3 is 9.47 Å². The molecule has 1 aliphatic rings. The second-order valence-corrected chi connectivity index (χ2v) is 4.68. The number of hydrogen-bond donors (Lipinski definition) is 0. The zero-order valence-electron chi connectivity index (χ0n) is 11.0. The number of halogens is 1. The fourth-order valence-corrected chi connectivity index (χ4v) is 2.28. The maximum absolute atomic E-state index is 13.4. The van der Waals surface area contributed by atoms with Gasteiger partial charge in [0.25, 0.3) is 0 Å². The summed E-state index contributed by atoms with van der Waals surface area (Å²) in [5.74, 6) is 0.297. The Morgan fingerprint density at radius 2 is 1.95 bits per heavy atom. The Balaban J connectivity index is 2.06. The second kappa shape index (κ2) is 4.96. The van der Waals surface area contributed by atoms with Crippen LogP contribution in [0.3, 0.4) is 0 Å². The van der Waals surface area contributed by atoms with Crippen molar-refractivity contribution in [1.29, 1.82) is 0 Å². The summed E-state index contributed by atoms with van der Waals surface area (Å²) in [5, 5.41) is 0. The Morgan fingerprint density at radius 3 is 2.75 bits per heavy atom. The van der Waals surface area contributed by atoms with Crippen LogP contribution in [0.2, 0.25) is 0 Å². The maximum Gasteiger partial charge on any atom is 0.197 e. The summed E-state index contributed by atoms with van der Waals surface area (Å²) in [6.07, 6.45) is 0. The average Bonchev–Trinajstić information content (AvgIpc) is 2.45. The number of para-hydroxylation sites is 1. The average molecular weight is 272 g/mol. The molecular weight excluding hydrogens is 259 g/mol. The van der Waals surface area contributed by atoms with Crippen molar-refractivity contribution in [2.45, 2.75) is 6.92 Å². The lowest BCUT2D eigenvalue weighted by Crippen LogP contribution is -2.18. The first kappa shape index (κ1) is 12.7. The molecule has 0 amide bonds. The zero-order chi connectivity index (χ0) is 14.1. The van der Waals surface area contributed by atoms with Crippen LogP contribution in [0.5, 0.6) is 11.5 Å². The molecule has 2 aromatic rings. The lowest BCUT2D eigenvalue weighted by Gasteiger charge is -2.20. The Bertz CT molecular complexity index is 659. The van der Waals surface area contributed by atoms with Crippen molar-refractivity contribution in [2.24, 2.45) is 0 Å². The highest BCUT2D eigenvalue weighted by atomic mass is 19.1. The van der Waals surface area contributed by atoms with E-state index in [1.165, 1.54) is 12.1 Å². The maximum atomic E-state index is 13.4. The molecule has 0 radical (unpaired) electrons. The Labute approximate surface area is 115 Å². The van der Waals surface area contributed by atoms with Gasteiger partial charge in [0.15, 0.2) is 17.3 Å². The molecule has 0 aliphatic carbocycles. The van der Waals surface area contributed by atoms with Gasteiger partial charge in [-0.2, -0.15) is 0 Å². The van der Waals surface area contributed by atoms with Gasteiger partial charge >= 0.3 is 0 Å². The summed E-state index contributed by atoms with van der Waals surface area (Å²) in [5.41, 5.74) is 1.41. The summed E-state index contributed by atoms with van der Waals surface area (Å²) < 4.78 is 24.4. The number of ketones is 1. The third kappa shape index (κ3) is 2.25. The van der Waals surface area contributed by atoms with Crippen LogP contribution >= 0.6 is 0 Å². The van der Waals surface area contributed by atoms with Crippen LogP contribution in [-0.4, -0.2) is 19.0 Å². The van der Waals surface area contributed by atoms with Crippen LogP contribution in [0.25, 0.3) is 0 Å². The van der Waals surface area contributed by atoms with Gasteiger partial charge in [0.2, 0.25) is 0 Å². The number of fused-ring (bicyclic) bond motifs is 1. The lowest BCUT2D eigenvalue weighted by molar-refractivity contribution is 0.102. The van der Waals surface area contributed by atoms with Crippen LogP contribution < -0.4 is 9.47 Å². The number of aryl methyl sites for hydroxylation is 1. The van der Waals surface area contributed by atoms with Gasteiger partial charge in [-0.05, 0) is 42.8 Å². The minimum atomic E-state index is -0.421. The monoisotopic (exact) mass is 272 g/mol. The number of rotatable bonds is 2. The van der Waals surface area contributed by atoms with Crippen molar-refractivity contribution < 1.29 is 18.7 Å². The summed E-state index contributed by atoms with van der Waals surface area (Å²) in [7, 11) is 0. The highest BCUT2D eigenvalue weighted by Gasteiger charge is 2.21. The van der Waals surface area contributed by atoms with Gasteiger partial charge in [-0.3, -0.25) is 4.79 Å². The lowest BCUT2D eigenvalue weighted by atomic mass is 10.00. The van der Waals surface area contributed by atoms with E-state index in [0.29, 0.717) is 41.4 Å². The molecule has 0 N–H and O–H groups in total. The van der Waals surface area contributed by atoms with E-state index in [1.807, 2.05) is 0 Å². The smallest absolute Gasteiger partial charge is 0.197 e. The number of benzene rings is 2. The second-order valence-electron chi connectivity index (χ2n) is 4.68. The van der Waals surface area contributed by atoms with E-state index in [4.69, 9.17) is 9.47 Å². The van der Waals surface area contributed by atoms with Crippen LogP contribution in [0, 0.1) is 12.7 Å². The minimum Gasteiger partial charge on any atom is -0.486 e. The van der Waals surface area contributed by atoms with Crippen LogP contribution in [0.15, 0.2) is 36.4 Å². The molecule has 0 atom stereocenters. The van der Waals surface area contributed by atoms with Crippen molar-refractivity contribution in [1.82, 2.24) is 0 Å². The minimum absolute atomic E-state index is 0.269. The molecule has 4 heteroatoms. The SMILES string of the molecule is Cc1cc(F)cc(C(=O)c2cccc3c2OCCO3)c1. The number of hydrogen-bond acceptors (Lipinski definition) is 3. The Hall–Kier alpha value is -2.36. The normalized spacial score (nSPS) is 13.1. The van der Waals surface area contributed by atoms with Crippen molar-refractivity contribution in [3.05, 3.63) is 58.9 Å². The van der Waals surface area contributed by atoms with Gasteiger partial charge in [-0.1, -0.05) is 6.07 Å². The van der Waals surface area contributed by atoms with Crippen LogP contribution in [0.4, 0.5) is 4.39 Å². The molecule has 0 saturated heterocycles. The van der Waals surface area contributed by atoms with Gasteiger partial charge in [0.1, 0.15) is 19.0 Å². The molecule has 3 nitrogen and oxygen atoms in total. The van der Waals surface area contributed by atoms with Crippen molar-refractivity contribution >= 4 is 5.78 Å². The number of ether oxygens (including phenoxy) is 2. The molecular formula is C16H13FO3. The molecule has 1 heterocycles. The fraction of sp³-hybridized carbons (Fsp3) is 0.188. The standard InChI is InChI=1S/C16H13FO3/c1-10-7-11(9-12(17)8-10)15(18)13-3-2-4-14-16(13)20-6-5-19-14/h2-4,7-9H,5-6H2,1H3. The molecule has 0 fully saturated rings. The zero-order valence-corrected chi connectivity index (χ0v) is 11.0. The predicted octanol–water partition coefficient (Wildman–Crippen LogP) is 3.14. The van der Waals surface area contributed by atoms with Gasteiger partial charge in [-0.15, -0.1) is 0 Å². The van der Waals surface area contributed by atoms with E-state index >= 15 is 0 Å². The summed E-state index contributed by atoms with van der Waals surface area (Å²) in [4.78, 5) is 12.5. The highest BCUT2D eigenvalue weighted by Crippen LogP contribution is 2.34. The fourth-order valence-electron chi connectivity index (χ4n) is 2.28. The number of carbonyl (C=O) groups excluding carboxylic acids is 1. The van der Waals surface area contributed by atoms with Gasteiger partial charge in [0, 0.05) is 5.56 Å². The molecule has 3 rings (SSSR count). The van der Waals surface area contributed by atoms with E-state index in [0.717, 1.165) is 0 Å². The first-order valence-corrected chi connectivity index (χ1v) is 6.35.